The number of nitrogens with zero attached hydrogens (tertiary/aromatic N) is 1. The van der Waals surface area contributed by atoms with Crippen LogP contribution >= 0.6 is 0 Å². The van der Waals surface area contributed by atoms with Crippen molar-refractivity contribution in [2.24, 2.45) is 0 Å². The summed E-state index contributed by atoms with van der Waals surface area (Å²) in [4.78, 5) is 21.8. The molecule has 0 amide bonds. The molecule has 0 spiro atoms. The molecular weight excluding hydrogens is 278 g/mol. The Hall–Kier alpha value is -2.15. The van der Waals surface area contributed by atoms with Gasteiger partial charge in [-0.3, -0.25) is 10.1 Å². The molecule has 0 N–H and O–H groups in total. The summed E-state index contributed by atoms with van der Waals surface area (Å²) in [6, 6.07) is 3.83. The Balaban J connectivity index is 2.82. The summed E-state index contributed by atoms with van der Waals surface area (Å²) < 4.78 is 15.4. The van der Waals surface area contributed by atoms with Gasteiger partial charge in [-0.2, -0.15) is 0 Å². The smallest absolute Gasteiger partial charge is 0.337 e. The van der Waals surface area contributed by atoms with Crippen molar-refractivity contribution < 1.29 is 23.9 Å². The van der Waals surface area contributed by atoms with Crippen molar-refractivity contribution in [1.82, 2.24) is 0 Å². The van der Waals surface area contributed by atoms with Crippen LogP contribution < -0.4 is 4.74 Å². The minimum Gasteiger partial charge on any atom is -0.484 e. The first-order valence-corrected chi connectivity index (χ1v) is 6.38. The van der Waals surface area contributed by atoms with E-state index in [1.807, 2.05) is 20.8 Å². The van der Waals surface area contributed by atoms with Crippen LogP contribution in [0.15, 0.2) is 18.2 Å². The fourth-order valence-corrected chi connectivity index (χ4v) is 1.52. The molecule has 0 heterocycles. The zero-order valence-electron chi connectivity index (χ0n) is 12.5. The molecule has 1 aromatic carbocycles. The van der Waals surface area contributed by atoms with Crippen LogP contribution in [-0.4, -0.2) is 36.8 Å². The fraction of sp³-hybridized carbons (Fsp3) is 0.500. The summed E-state index contributed by atoms with van der Waals surface area (Å²) in [5, 5.41) is 10.9. The van der Waals surface area contributed by atoms with Gasteiger partial charge in [-0.15, -0.1) is 0 Å². The van der Waals surface area contributed by atoms with Gasteiger partial charge in [-0.05, 0) is 26.8 Å². The van der Waals surface area contributed by atoms with E-state index in [1.54, 1.807) is 0 Å². The third kappa shape index (κ3) is 5.39. The van der Waals surface area contributed by atoms with Crippen LogP contribution in [0, 0.1) is 10.1 Å². The molecule has 1 aromatic rings. The van der Waals surface area contributed by atoms with Gasteiger partial charge in [0, 0.05) is 12.1 Å². The van der Waals surface area contributed by atoms with E-state index in [0.717, 1.165) is 0 Å². The Morgan fingerprint density at radius 2 is 1.95 bits per heavy atom. The molecule has 7 heteroatoms. The highest BCUT2D eigenvalue weighted by molar-refractivity contribution is 5.90. The number of hydrogen-bond donors (Lipinski definition) is 0. The average molecular weight is 297 g/mol. The standard InChI is InChI=1S/C14H19NO6/c1-14(2,3)21-8-7-20-12-9-10(13(16)19-4)5-6-11(12)15(17)18/h5-6,9H,7-8H2,1-4H3. The monoisotopic (exact) mass is 297 g/mol. The van der Waals surface area contributed by atoms with Gasteiger partial charge >= 0.3 is 11.7 Å². The Morgan fingerprint density at radius 3 is 2.48 bits per heavy atom. The number of methoxy groups -OCH3 is 1. The maximum Gasteiger partial charge on any atom is 0.337 e. The van der Waals surface area contributed by atoms with Gasteiger partial charge in [-0.25, -0.2) is 4.79 Å². The van der Waals surface area contributed by atoms with Crippen LogP contribution in [0.1, 0.15) is 31.1 Å². The van der Waals surface area contributed by atoms with E-state index in [9.17, 15) is 14.9 Å². The van der Waals surface area contributed by atoms with Crippen molar-refractivity contribution in [3.63, 3.8) is 0 Å². The van der Waals surface area contributed by atoms with Crippen molar-refractivity contribution in [3.8, 4) is 5.75 Å². The lowest BCUT2D eigenvalue weighted by Crippen LogP contribution is -2.22. The minimum atomic E-state index is -0.583. The van der Waals surface area contributed by atoms with Gasteiger partial charge in [0.2, 0.25) is 0 Å². The number of hydrogen-bond acceptors (Lipinski definition) is 6. The summed E-state index contributed by atoms with van der Waals surface area (Å²) in [5.41, 5.74) is -0.336. The van der Waals surface area contributed by atoms with Gasteiger partial charge < -0.3 is 14.2 Å². The van der Waals surface area contributed by atoms with E-state index < -0.39 is 10.9 Å². The number of carbonyl (C=O) groups excluding carboxylic acids is 1. The largest absolute Gasteiger partial charge is 0.484 e. The lowest BCUT2D eigenvalue weighted by atomic mass is 10.2. The highest BCUT2D eigenvalue weighted by Crippen LogP contribution is 2.28. The summed E-state index contributed by atoms with van der Waals surface area (Å²) in [6.45, 7) is 6.11. The zero-order chi connectivity index (χ0) is 16.0. The average Bonchev–Trinajstić information content (AvgIpc) is 2.41. The molecule has 0 fully saturated rings. The second-order valence-corrected chi connectivity index (χ2v) is 5.24. The molecule has 0 bridgehead atoms. The van der Waals surface area contributed by atoms with E-state index in [1.165, 1.54) is 25.3 Å². The number of esters is 1. The SMILES string of the molecule is COC(=O)c1ccc([N+](=O)[O-])c(OCCOC(C)(C)C)c1. The molecule has 0 aliphatic rings. The molecular formula is C14H19NO6. The lowest BCUT2D eigenvalue weighted by molar-refractivity contribution is -0.385. The van der Waals surface area contributed by atoms with Gasteiger partial charge in [0.05, 0.1) is 29.8 Å². The summed E-state index contributed by atoms with van der Waals surface area (Å²) in [7, 11) is 1.24. The second-order valence-electron chi connectivity index (χ2n) is 5.24. The topological polar surface area (TPSA) is 87.9 Å². The molecule has 7 nitrogen and oxygen atoms in total. The summed E-state index contributed by atoms with van der Waals surface area (Å²) >= 11 is 0. The number of nitro groups is 1. The maximum absolute atomic E-state index is 11.4. The second kappa shape index (κ2) is 7.03. The molecule has 0 aromatic heterocycles. The molecule has 0 radical (unpaired) electrons. The molecule has 0 aliphatic carbocycles. The van der Waals surface area contributed by atoms with Crippen LogP contribution in [0.5, 0.6) is 5.75 Å². The summed E-state index contributed by atoms with van der Waals surface area (Å²) in [6.07, 6.45) is 0. The molecule has 0 saturated carbocycles. The van der Waals surface area contributed by atoms with Crippen molar-refractivity contribution >= 4 is 11.7 Å². The lowest BCUT2D eigenvalue weighted by Gasteiger charge is -2.19. The number of benzene rings is 1. The first-order valence-electron chi connectivity index (χ1n) is 6.38. The number of nitro benzene ring substituents is 1. The Labute approximate surface area is 123 Å². The molecule has 21 heavy (non-hydrogen) atoms. The number of carbonyl (C=O) groups is 1. The molecule has 116 valence electrons. The van der Waals surface area contributed by atoms with Gasteiger partial charge in [0.15, 0.2) is 5.75 Å². The highest BCUT2D eigenvalue weighted by Gasteiger charge is 2.19. The van der Waals surface area contributed by atoms with Crippen LogP contribution in [0.25, 0.3) is 0 Å². The minimum absolute atomic E-state index is 0.0143. The van der Waals surface area contributed by atoms with Gasteiger partial charge in [0.1, 0.15) is 6.61 Å². The molecule has 0 unspecified atom stereocenters. The van der Waals surface area contributed by atoms with E-state index in [0.29, 0.717) is 0 Å². The molecule has 0 saturated heterocycles. The number of rotatable bonds is 6. The van der Waals surface area contributed by atoms with E-state index in [-0.39, 0.29) is 35.8 Å². The summed E-state index contributed by atoms with van der Waals surface area (Å²) in [5.74, 6) is -0.568. The Morgan fingerprint density at radius 1 is 1.29 bits per heavy atom. The fourth-order valence-electron chi connectivity index (χ4n) is 1.52. The molecule has 1 rings (SSSR count). The van der Waals surface area contributed by atoms with Crippen molar-refractivity contribution in [2.75, 3.05) is 20.3 Å². The zero-order valence-corrected chi connectivity index (χ0v) is 12.5. The van der Waals surface area contributed by atoms with E-state index in [2.05, 4.69) is 4.74 Å². The van der Waals surface area contributed by atoms with Crippen LogP contribution in [0.3, 0.4) is 0 Å². The molecule has 0 aliphatic heterocycles. The molecule has 0 atom stereocenters. The van der Waals surface area contributed by atoms with Crippen LogP contribution in [-0.2, 0) is 9.47 Å². The first-order chi connectivity index (χ1) is 9.74. The van der Waals surface area contributed by atoms with Crippen LogP contribution in [0.2, 0.25) is 0 Å². The third-order valence-corrected chi connectivity index (χ3v) is 2.45. The van der Waals surface area contributed by atoms with Crippen molar-refractivity contribution in [3.05, 3.63) is 33.9 Å². The maximum atomic E-state index is 11.4. The first kappa shape index (κ1) is 16.9. The third-order valence-electron chi connectivity index (χ3n) is 2.45. The van der Waals surface area contributed by atoms with E-state index in [4.69, 9.17) is 9.47 Å². The predicted octanol–water partition coefficient (Wildman–Crippen LogP) is 2.58. The van der Waals surface area contributed by atoms with E-state index >= 15 is 0 Å². The van der Waals surface area contributed by atoms with Gasteiger partial charge in [-0.1, -0.05) is 0 Å². The normalized spacial score (nSPS) is 11.0. The predicted molar refractivity (Wildman–Crippen MR) is 75.6 cm³/mol. The van der Waals surface area contributed by atoms with Crippen molar-refractivity contribution in [1.29, 1.82) is 0 Å². The van der Waals surface area contributed by atoms with Crippen LogP contribution in [0.4, 0.5) is 5.69 Å². The quantitative estimate of drug-likeness (QED) is 0.347. The number of ether oxygens (including phenoxy) is 3. The Bertz CT molecular complexity index is 521. The van der Waals surface area contributed by atoms with Crippen molar-refractivity contribution in [2.45, 2.75) is 26.4 Å². The van der Waals surface area contributed by atoms with Gasteiger partial charge in [0.25, 0.3) is 0 Å². The highest BCUT2D eigenvalue weighted by atomic mass is 16.6. The Kier molecular flexibility index (Phi) is 5.66.